The van der Waals surface area contributed by atoms with Gasteiger partial charge >= 0.3 is 12.0 Å². The van der Waals surface area contributed by atoms with Crippen molar-refractivity contribution in [1.29, 1.82) is 0 Å². The molecular formula is C19H24N2O4. The Hall–Kier alpha value is -2.24. The molecule has 3 aliphatic rings. The first-order chi connectivity index (χ1) is 12.2. The SMILES string of the molecule is CCOC(=O)[C@@H]1CN(C(=O)NC2CCCC2)[C@H]2c3ccccc3O[C@@H]12. The zero-order chi connectivity index (χ0) is 17.4. The van der Waals surface area contributed by atoms with Gasteiger partial charge in [0.15, 0.2) is 0 Å². The molecule has 2 aliphatic heterocycles. The van der Waals surface area contributed by atoms with Gasteiger partial charge in [-0.2, -0.15) is 0 Å². The quantitative estimate of drug-likeness (QED) is 0.856. The first-order valence-corrected chi connectivity index (χ1v) is 9.18. The number of fused-ring (bicyclic) bond motifs is 3. The maximum absolute atomic E-state index is 12.9. The molecule has 0 bridgehead atoms. The highest BCUT2D eigenvalue weighted by molar-refractivity contribution is 5.80. The predicted octanol–water partition coefficient (Wildman–Crippen LogP) is 2.64. The normalized spacial score (nSPS) is 27.6. The van der Waals surface area contributed by atoms with Crippen molar-refractivity contribution in [2.24, 2.45) is 5.92 Å². The number of amides is 2. The van der Waals surface area contributed by atoms with Gasteiger partial charge in [-0.1, -0.05) is 31.0 Å². The molecule has 1 aromatic rings. The van der Waals surface area contributed by atoms with E-state index in [1.54, 1.807) is 11.8 Å². The van der Waals surface area contributed by atoms with E-state index >= 15 is 0 Å². The number of likely N-dealkylation sites (tertiary alicyclic amines) is 1. The lowest BCUT2D eigenvalue weighted by molar-refractivity contribution is -0.149. The fourth-order valence-corrected chi connectivity index (χ4v) is 4.29. The van der Waals surface area contributed by atoms with Crippen molar-refractivity contribution in [2.45, 2.75) is 50.8 Å². The van der Waals surface area contributed by atoms with Crippen LogP contribution in [0.1, 0.15) is 44.2 Å². The molecule has 0 spiro atoms. The van der Waals surface area contributed by atoms with Gasteiger partial charge < -0.3 is 19.7 Å². The van der Waals surface area contributed by atoms with Crippen LogP contribution in [-0.4, -0.2) is 42.2 Å². The molecule has 1 aromatic carbocycles. The predicted molar refractivity (Wildman–Crippen MR) is 91.2 cm³/mol. The standard InChI is InChI=1S/C19H24N2O4/c1-2-24-18(22)14-11-21(19(23)20-12-7-3-4-8-12)16-13-9-5-6-10-15(13)25-17(14)16/h5-6,9-10,12,14,16-17H,2-4,7-8,11H2,1H3,(H,20,23)/t14-,16+,17+/m1/s1. The zero-order valence-corrected chi connectivity index (χ0v) is 14.4. The van der Waals surface area contributed by atoms with Crippen molar-refractivity contribution in [3.63, 3.8) is 0 Å². The highest BCUT2D eigenvalue weighted by atomic mass is 16.5. The van der Waals surface area contributed by atoms with Gasteiger partial charge in [-0.15, -0.1) is 0 Å². The summed E-state index contributed by atoms with van der Waals surface area (Å²) in [5.41, 5.74) is 0.973. The van der Waals surface area contributed by atoms with Crippen molar-refractivity contribution in [3.8, 4) is 5.75 Å². The van der Waals surface area contributed by atoms with Crippen LogP contribution in [0.15, 0.2) is 24.3 Å². The second-order valence-electron chi connectivity index (χ2n) is 7.01. The first-order valence-electron chi connectivity index (χ1n) is 9.18. The van der Waals surface area contributed by atoms with E-state index in [0.29, 0.717) is 13.2 Å². The summed E-state index contributed by atoms with van der Waals surface area (Å²) >= 11 is 0. The number of esters is 1. The lowest BCUT2D eigenvalue weighted by Gasteiger charge is -2.25. The Morgan fingerprint density at radius 3 is 2.80 bits per heavy atom. The number of hydrogen-bond acceptors (Lipinski definition) is 4. The lowest BCUT2D eigenvalue weighted by atomic mass is 9.99. The minimum Gasteiger partial charge on any atom is -0.487 e. The summed E-state index contributed by atoms with van der Waals surface area (Å²) in [6.07, 6.45) is 4.01. The van der Waals surface area contributed by atoms with Gasteiger partial charge in [-0.3, -0.25) is 4.79 Å². The number of hydrogen-bond donors (Lipinski definition) is 1. The molecule has 1 aliphatic carbocycles. The average Bonchev–Trinajstić information content (AvgIpc) is 3.30. The average molecular weight is 344 g/mol. The van der Waals surface area contributed by atoms with Gasteiger partial charge in [-0.25, -0.2) is 4.79 Å². The fraction of sp³-hybridized carbons (Fsp3) is 0.579. The third kappa shape index (κ3) is 2.83. The van der Waals surface area contributed by atoms with Crippen molar-refractivity contribution in [1.82, 2.24) is 10.2 Å². The van der Waals surface area contributed by atoms with Gasteiger partial charge in [-0.05, 0) is 25.8 Å². The van der Waals surface area contributed by atoms with E-state index < -0.39 is 5.92 Å². The van der Waals surface area contributed by atoms with Crippen molar-refractivity contribution < 1.29 is 19.1 Å². The number of rotatable bonds is 3. The van der Waals surface area contributed by atoms with Crippen molar-refractivity contribution in [2.75, 3.05) is 13.2 Å². The maximum atomic E-state index is 12.9. The van der Waals surface area contributed by atoms with Gasteiger partial charge in [0, 0.05) is 18.2 Å². The third-order valence-electron chi connectivity index (χ3n) is 5.47. The summed E-state index contributed by atoms with van der Waals surface area (Å²) in [7, 11) is 0. The van der Waals surface area contributed by atoms with Crippen LogP contribution in [0.5, 0.6) is 5.75 Å². The smallest absolute Gasteiger partial charge is 0.318 e. The highest BCUT2D eigenvalue weighted by Crippen LogP contribution is 2.47. The van der Waals surface area contributed by atoms with Crippen molar-refractivity contribution in [3.05, 3.63) is 29.8 Å². The Kier molecular flexibility index (Phi) is 4.27. The molecule has 4 rings (SSSR count). The molecule has 0 unspecified atom stereocenters. The molecule has 2 amide bonds. The number of carbonyl (C=O) groups is 2. The van der Waals surface area contributed by atoms with E-state index in [2.05, 4.69) is 5.32 Å². The Morgan fingerprint density at radius 2 is 2.04 bits per heavy atom. The number of benzene rings is 1. The molecule has 25 heavy (non-hydrogen) atoms. The molecule has 6 nitrogen and oxygen atoms in total. The molecule has 6 heteroatoms. The summed E-state index contributed by atoms with van der Waals surface area (Å²) in [5, 5.41) is 3.14. The molecule has 0 aromatic heterocycles. The monoisotopic (exact) mass is 344 g/mol. The van der Waals surface area contributed by atoms with E-state index in [4.69, 9.17) is 9.47 Å². The lowest BCUT2D eigenvalue weighted by Crippen LogP contribution is -2.44. The molecule has 1 N–H and O–H groups in total. The van der Waals surface area contributed by atoms with Crippen LogP contribution < -0.4 is 10.1 Å². The maximum Gasteiger partial charge on any atom is 0.318 e. The summed E-state index contributed by atoms with van der Waals surface area (Å²) < 4.78 is 11.3. The Morgan fingerprint density at radius 1 is 1.28 bits per heavy atom. The van der Waals surface area contributed by atoms with Crippen LogP contribution in [0.2, 0.25) is 0 Å². The van der Waals surface area contributed by atoms with Crippen LogP contribution in [0.3, 0.4) is 0 Å². The topological polar surface area (TPSA) is 67.9 Å². The molecule has 2 heterocycles. The second-order valence-corrected chi connectivity index (χ2v) is 7.01. The number of para-hydroxylation sites is 1. The molecule has 134 valence electrons. The third-order valence-corrected chi connectivity index (χ3v) is 5.47. The number of nitrogens with one attached hydrogen (secondary N) is 1. The zero-order valence-electron chi connectivity index (χ0n) is 14.4. The summed E-state index contributed by atoms with van der Waals surface area (Å²) in [6, 6.07) is 7.62. The highest BCUT2D eigenvalue weighted by Gasteiger charge is 2.54. The van der Waals surface area contributed by atoms with Crippen LogP contribution in [0, 0.1) is 5.92 Å². The van der Waals surface area contributed by atoms with Crippen LogP contribution in [-0.2, 0) is 9.53 Å². The molecule has 1 saturated carbocycles. The molecule has 2 fully saturated rings. The largest absolute Gasteiger partial charge is 0.487 e. The van der Waals surface area contributed by atoms with E-state index in [9.17, 15) is 9.59 Å². The second kappa shape index (κ2) is 6.58. The molecule has 0 radical (unpaired) electrons. The first kappa shape index (κ1) is 16.2. The van der Waals surface area contributed by atoms with Crippen LogP contribution in [0.4, 0.5) is 4.79 Å². The minimum absolute atomic E-state index is 0.103. The Balaban J connectivity index is 1.59. The summed E-state index contributed by atoms with van der Waals surface area (Å²) in [6.45, 7) is 2.45. The minimum atomic E-state index is -0.452. The van der Waals surface area contributed by atoms with E-state index in [1.807, 2.05) is 24.3 Å². The number of nitrogens with zero attached hydrogens (tertiary/aromatic N) is 1. The van der Waals surface area contributed by atoms with Gasteiger partial charge in [0.05, 0.1) is 6.61 Å². The van der Waals surface area contributed by atoms with Gasteiger partial charge in [0.1, 0.15) is 23.8 Å². The summed E-state index contributed by atoms with van der Waals surface area (Å²) in [4.78, 5) is 27.0. The number of urea groups is 1. The van der Waals surface area contributed by atoms with Crippen LogP contribution >= 0.6 is 0 Å². The molecule has 3 atom stereocenters. The number of carbonyl (C=O) groups excluding carboxylic acids is 2. The van der Waals surface area contributed by atoms with Gasteiger partial charge in [0.25, 0.3) is 0 Å². The Labute approximate surface area is 147 Å². The Bertz CT molecular complexity index is 671. The number of ether oxygens (including phenoxy) is 2. The van der Waals surface area contributed by atoms with E-state index in [-0.39, 0.29) is 30.2 Å². The molecular weight excluding hydrogens is 320 g/mol. The van der Waals surface area contributed by atoms with Crippen molar-refractivity contribution >= 4 is 12.0 Å². The molecule has 1 saturated heterocycles. The van der Waals surface area contributed by atoms with Gasteiger partial charge in [0.2, 0.25) is 0 Å². The van der Waals surface area contributed by atoms with Crippen LogP contribution in [0.25, 0.3) is 0 Å². The summed E-state index contributed by atoms with van der Waals surface area (Å²) in [5.74, 6) is 0.0123. The fourth-order valence-electron chi connectivity index (χ4n) is 4.29. The van der Waals surface area contributed by atoms with E-state index in [1.165, 1.54) is 0 Å². The van der Waals surface area contributed by atoms with E-state index in [0.717, 1.165) is 37.0 Å².